The van der Waals surface area contributed by atoms with Crippen molar-refractivity contribution in [3.8, 4) is 5.75 Å². The second kappa shape index (κ2) is 5.66. The van der Waals surface area contributed by atoms with Gasteiger partial charge in [-0.15, -0.1) is 0 Å². The summed E-state index contributed by atoms with van der Waals surface area (Å²) in [6.07, 6.45) is 0. The molecule has 2 nitrogen and oxygen atoms in total. The molecule has 3 aromatic rings. The molecular weight excluding hydrogens is 246 g/mol. The van der Waals surface area contributed by atoms with Gasteiger partial charge in [0.05, 0.1) is 7.11 Å². The summed E-state index contributed by atoms with van der Waals surface area (Å²) < 4.78 is 5.27. The van der Waals surface area contributed by atoms with Gasteiger partial charge in [0.2, 0.25) is 0 Å². The molecule has 0 spiro atoms. The van der Waals surface area contributed by atoms with Gasteiger partial charge in [-0.1, -0.05) is 42.5 Å². The van der Waals surface area contributed by atoms with Crippen molar-refractivity contribution in [2.45, 2.75) is 6.54 Å². The molecule has 20 heavy (non-hydrogen) atoms. The monoisotopic (exact) mass is 263 g/mol. The summed E-state index contributed by atoms with van der Waals surface area (Å²) >= 11 is 0. The Hall–Kier alpha value is -2.48. The average Bonchev–Trinajstić information content (AvgIpc) is 2.53. The molecule has 0 amide bonds. The first-order valence-corrected chi connectivity index (χ1v) is 6.71. The van der Waals surface area contributed by atoms with Crippen LogP contribution in [0.4, 0.5) is 5.69 Å². The Morgan fingerprint density at radius 1 is 0.850 bits per heavy atom. The predicted octanol–water partition coefficient (Wildman–Crippen LogP) is 4.46. The maximum Gasteiger partial charge on any atom is 0.119 e. The molecular formula is C18H17NO. The van der Waals surface area contributed by atoms with Gasteiger partial charge in [-0.25, -0.2) is 0 Å². The molecule has 0 atom stereocenters. The lowest BCUT2D eigenvalue weighted by Crippen LogP contribution is -1.98. The lowest BCUT2D eigenvalue weighted by molar-refractivity contribution is 0.415. The van der Waals surface area contributed by atoms with E-state index in [1.807, 2.05) is 12.1 Å². The van der Waals surface area contributed by atoms with Crippen LogP contribution in [-0.2, 0) is 6.54 Å². The molecule has 3 rings (SSSR count). The maximum atomic E-state index is 5.27. The second-order valence-corrected chi connectivity index (χ2v) is 4.77. The van der Waals surface area contributed by atoms with Gasteiger partial charge in [0, 0.05) is 12.2 Å². The van der Waals surface area contributed by atoms with Crippen LogP contribution in [0.1, 0.15) is 5.56 Å². The summed E-state index contributed by atoms with van der Waals surface area (Å²) in [5.41, 5.74) is 2.40. The summed E-state index contributed by atoms with van der Waals surface area (Å²) in [5, 5.41) is 5.85. The Bertz CT molecular complexity index is 707. The van der Waals surface area contributed by atoms with Crippen molar-refractivity contribution in [1.82, 2.24) is 0 Å². The number of hydrogen-bond donors (Lipinski definition) is 1. The third-order valence-corrected chi connectivity index (χ3v) is 3.39. The van der Waals surface area contributed by atoms with Crippen LogP contribution < -0.4 is 10.1 Å². The predicted molar refractivity (Wildman–Crippen MR) is 84.3 cm³/mol. The second-order valence-electron chi connectivity index (χ2n) is 4.77. The fraction of sp³-hybridized carbons (Fsp3) is 0.111. The quantitative estimate of drug-likeness (QED) is 0.750. The number of rotatable bonds is 4. The molecule has 0 unspecified atom stereocenters. The van der Waals surface area contributed by atoms with Crippen LogP contribution in [0.5, 0.6) is 5.75 Å². The fourth-order valence-corrected chi connectivity index (χ4v) is 2.26. The number of fused-ring (bicyclic) bond motifs is 1. The molecule has 0 fully saturated rings. The molecule has 0 radical (unpaired) electrons. The van der Waals surface area contributed by atoms with E-state index >= 15 is 0 Å². The SMILES string of the molecule is COc1ccc2ccc(NCc3ccccc3)cc2c1. The summed E-state index contributed by atoms with van der Waals surface area (Å²) in [4.78, 5) is 0. The molecule has 3 aromatic carbocycles. The van der Waals surface area contributed by atoms with Crippen molar-refractivity contribution in [2.75, 3.05) is 12.4 Å². The highest BCUT2D eigenvalue weighted by atomic mass is 16.5. The van der Waals surface area contributed by atoms with E-state index in [-0.39, 0.29) is 0 Å². The van der Waals surface area contributed by atoms with Gasteiger partial charge in [0.25, 0.3) is 0 Å². The summed E-state index contributed by atoms with van der Waals surface area (Å²) in [5.74, 6) is 0.887. The summed E-state index contributed by atoms with van der Waals surface area (Å²) in [7, 11) is 1.69. The van der Waals surface area contributed by atoms with Gasteiger partial charge in [-0.05, 0) is 40.6 Å². The third kappa shape index (κ3) is 2.75. The topological polar surface area (TPSA) is 21.3 Å². The highest BCUT2D eigenvalue weighted by Gasteiger charge is 1.99. The summed E-state index contributed by atoms with van der Waals surface area (Å²) in [6.45, 7) is 0.830. The zero-order valence-corrected chi connectivity index (χ0v) is 11.5. The van der Waals surface area contributed by atoms with Crippen LogP contribution in [0.3, 0.4) is 0 Å². The number of nitrogens with one attached hydrogen (secondary N) is 1. The number of benzene rings is 3. The highest BCUT2D eigenvalue weighted by Crippen LogP contribution is 2.24. The standard InChI is InChI=1S/C18H17NO/c1-20-18-10-8-15-7-9-17(11-16(15)12-18)19-13-14-5-3-2-4-6-14/h2-12,19H,13H2,1H3. The third-order valence-electron chi connectivity index (χ3n) is 3.39. The van der Waals surface area contributed by atoms with Gasteiger partial charge >= 0.3 is 0 Å². The first kappa shape index (κ1) is 12.5. The van der Waals surface area contributed by atoms with E-state index in [2.05, 4.69) is 59.9 Å². The number of hydrogen-bond acceptors (Lipinski definition) is 2. The smallest absolute Gasteiger partial charge is 0.119 e. The van der Waals surface area contributed by atoms with Gasteiger partial charge in [-0.2, -0.15) is 0 Å². The van der Waals surface area contributed by atoms with Crippen LogP contribution in [-0.4, -0.2) is 7.11 Å². The minimum absolute atomic E-state index is 0.830. The van der Waals surface area contributed by atoms with Gasteiger partial charge in [-0.3, -0.25) is 0 Å². The lowest BCUT2D eigenvalue weighted by atomic mass is 10.1. The molecule has 0 aliphatic carbocycles. The van der Waals surface area contributed by atoms with Crippen LogP contribution in [0.15, 0.2) is 66.7 Å². The first-order chi connectivity index (χ1) is 9.85. The molecule has 1 N–H and O–H groups in total. The lowest BCUT2D eigenvalue weighted by Gasteiger charge is -2.08. The molecule has 0 saturated carbocycles. The Morgan fingerprint density at radius 3 is 2.45 bits per heavy atom. The van der Waals surface area contributed by atoms with Crippen molar-refractivity contribution in [3.05, 3.63) is 72.3 Å². The van der Waals surface area contributed by atoms with Crippen molar-refractivity contribution in [3.63, 3.8) is 0 Å². The number of anilines is 1. The van der Waals surface area contributed by atoms with Crippen LogP contribution in [0.25, 0.3) is 10.8 Å². The Kier molecular flexibility index (Phi) is 3.55. The maximum absolute atomic E-state index is 5.27. The van der Waals surface area contributed by atoms with Gasteiger partial charge < -0.3 is 10.1 Å². The first-order valence-electron chi connectivity index (χ1n) is 6.71. The van der Waals surface area contributed by atoms with E-state index in [0.717, 1.165) is 18.0 Å². The van der Waals surface area contributed by atoms with E-state index < -0.39 is 0 Å². The van der Waals surface area contributed by atoms with Gasteiger partial charge in [0.1, 0.15) is 5.75 Å². The van der Waals surface area contributed by atoms with Crippen LogP contribution in [0.2, 0.25) is 0 Å². The average molecular weight is 263 g/mol. The highest BCUT2D eigenvalue weighted by molar-refractivity contribution is 5.87. The van der Waals surface area contributed by atoms with Crippen molar-refractivity contribution in [1.29, 1.82) is 0 Å². The van der Waals surface area contributed by atoms with Crippen LogP contribution in [0, 0.1) is 0 Å². The molecule has 0 aromatic heterocycles. The van der Waals surface area contributed by atoms with Crippen LogP contribution >= 0.6 is 0 Å². The Balaban J connectivity index is 1.81. The molecule has 0 bridgehead atoms. The van der Waals surface area contributed by atoms with Crippen molar-refractivity contribution >= 4 is 16.5 Å². The van der Waals surface area contributed by atoms with E-state index in [0.29, 0.717) is 0 Å². The van der Waals surface area contributed by atoms with Gasteiger partial charge in [0.15, 0.2) is 0 Å². The van der Waals surface area contributed by atoms with E-state index in [4.69, 9.17) is 4.74 Å². The van der Waals surface area contributed by atoms with E-state index in [1.54, 1.807) is 7.11 Å². The fourth-order valence-electron chi connectivity index (χ4n) is 2.26. The minimum atomic E-state index is 0.830. The molecule has 100 valence electrons. The Morgan fingerprint density at radius 2 is 1.65 bits per heavy atom. The minimum Gasteiger partial charge on any atom is -0.497 e. The summed E-state index contributed by atoms with van der Waals surface area (Å²) in [6, 6.07) is 22.9. The molecule has 0 heterocycles. The van der Waals surface area contributed by atoms with E-state index in [1.165, 1.54) is 16.3 Å². The Labute approximate surface area is 119 Å². The van der Waals surface area contributed by atoms with E-state index in [9.17, 15) is 0 Å². The zero-order chi connectivity index (χ0) is 13.8. The normalized spacial score (nSPS) is 10.4. The zero-order valence-electron chi connectivity index (χ0n) is 11.5. The van der Waals surface area contributed by atoms with Crippen molar-refractivity contribution < 1.29 is 4.74 Å². The molecule has 0 aliphatic rings. The molecule has 2 heteroatoms. The largest absolute Gasteiger partial charge is 0.497 e. The van der Waals surface area contributed by atoms with Crippen molar-refractivity contribution in [2.24, 2.45) is 0 Å². The number of methoxy groups -OCH3 is 1. The molecule has 0 aliphatic heterocycles. The molecule has 0 saturated heterocycles. The number of ether oxygens (including phenoxy) is 1.